The third-order valence-electron chi connectivity index (χ3n) is 16.0. The van der Waals surface area contributed by atoms with E-state index >= 15 is 0 Å². The predicted octanol–water partition coefficient (Wildman–Crippen LogP) is 11.5. The van der Waals surface area contributed by atoms with Crippen molar-refractivity contribution >= 4 is 5.97 Å². The van der Waals surface area contributed by atoms with E-state index in [9.17, 15) is 9.18 Å². The fourth-order valence-electron chi connectivity index (χ4n) is 12.8. The van der Waals surface area contributed by atoms with Crippen LogP contribution >= 0.6 is 0 Å². The summed E-state index contributed by atoms with van der Waals surface area (Å²) in [5, 5.41) is 0. The molecule has 2 N–H and O–H groups in total. The van der Waals surface area contributed by atoms with Crippen molar-refractivity contribution in [2.45, 2.75) is 144 Å². The first-order valence-electron chi connectivity index (χ1n) is 19.7. The Hall–Kier alpha value is -2.20. The molecule has 0 radical (unpaired) electrons. The molecule has 0 bridgehead atoms. The van der Waals surface area contributed by atoms with Crippen LogP contribution in [0.15, 0.2) is 65.8 Å². The molecule has 3 saturated carbocycles. The van der Waals surface area contributed by atoms with Crippen molar-refractivity contribution < 1.29 is 13.9 Å². The highest BCUT2D eigenvalue weighted by Gasteiger charge is 2.65. The van der Waals surface area contributed by atoms with Crippen molar-refractivity contribution in [2.24, 2.45) is 56.5 Å². The molecular formula is C45H66FNO2. The van der Waals surface area contributed by atoms with Crippen LogP contribution in [0.5, 0.6) is 0 Å². The molecule has 0 heterocycles. The van der Waals surface area contributed by atoms with Crippen molar-refractivity contribution in [1.82, 2.24) is 0 Å². The molecule has 0 aliphatic heterocycles. The van der Waals surface area contributed by atoms with Gasteiger partial charge in [0.2, 0.25) is 0 Å². The number of fused-ring (bicyclic) bond motifs is 2. The second-order valence-electron chi connectivity index (χ2n) is 18.9. The molecule has 1 aromatic rings. The van der Waals surface area contributed by atoms with E-state index in [0.717, 1.165) is 31.2 Å². The van der Waals surface area contributed by atoms with Gasteiger partial charge in [-0.05, 0) is 146 Å². The Morgan fingerprint density at radius 3 is 2.35 bits per heavy atom. The molecule has 1 aromatic carbocycles. The maximum absolute atomic E-state index is 14.7. The van der Waals surface area contributed by atoms with E-state index < -0.39 is 18.1 Å². The van der Waals surface area contributed by atoms with E-state index in [1.54, 1.807) is 0 Å². The molecule has 0 saturated heterocycles. The average Bonchev–Trinajstić information content (AvgIpc) is 3.42. The number of hydrogen-bond donors (Lipinski definition) is 1. The summed E-state index contributed by atoms with van der Waals surface area (Å²) in [7, 11) is 0. The standard InChI is InChI=1S/C45H66FNO2/c1-9-13-38-42(7)21-19-35(33-16-23-44(30-46,24-17-33)39(48)49-29-32-14-11-10-12-15-32)40(4,5)37(42)20-22-43(38,8)41(6)26-27-45(47)25-18-34(31(2)3)36(45)28-41/h10-12,14-16,19,34,36-38H,2,9,13,17-18,20-30,47H2,1,3-8H3/t34-,36-,37-,38+,41+,42-,43+,44-,45-/m0/s1. The smallest absolute Gasteiger partial charge is 0.315 e. The molecule has 3 nitrogen and oxygen atoms in total. The van der Waals surface area contributed by atoms with E-state index in [0.29, 0.717) is 36.5 Å². The van der Waals surface area contributed by atoms with Gasteiger partial charge in [0.05, 0.1) is 5.41 Å². The number of carbonyl (C=O) groups excluding carboxylic acids is 1. The first-order valence-corrected chi connectivity index (χ1v) is 19.7. The maximum Gasteiger partial charge on any atom is 0.315 e. The topological polar surface area (TPSA) is 52.3 Å². The summed E-state index contributed by atoms with van der Waals surface area (Å²) in [5.74, 6) is 1.93. The maximum atomic E-state index is 14.7. The lowest BCUT2D eigenvalue weighted by atomic mass is 9.37. The van der Waals surface area contributed by atoms with Gasteiger partial charge in [-0.3, -0.25) is 4.79 Å². The van der Waals surface area contributed by atoms with Crippen LogP contribution < -0.4 is 5.73 Å². The molecule has 0 amide bonds. The van der Waals surface area contributed by atoms with Crippen molar-refractivity contribution in [2.75, 3.05) is 6.67 Å². The lowest BCUT2D eigenvalue weighted by molar-refractivity contribution is -0.168. The van der Waals surface area contributed by atoms with Crippen LogP contribution in [0, 0.1) is 50.7 Å². The first kappa shape index (κ1) is 36.6. The number of ether oxygens (including phenoxy) is 1. The molecule has 5 aliphatic carbocycles. The lowest BCUT2D eigenvalue weighted by Crippen LogP contribution is -2.62. The third-order valence-corrected chi connectivity index (χ3v) is 16.0. The van der Waals surface area contributed by atoms with Crippen molar-refractivity contribution in [3.05, 3.63) is 71.3 Å². The van der Waals surface area contributed by atoms with Crippen LogP contribution in [-0.2, 0) is 16.1 Å². The summed E-state index contributed by atoms with van der Waals surface area (Å²) < 4.78 is 20.4. The Balaban J connectivity index is 1.24. The van der Waals surface area contributed by atoms with Gasteiger partial charge in [-0.25, -0.2) is 4.39 Å². The van der Waals surface area contributed by atoms with Crippen LogP contribution in [0.25, 0.3) is 0 Å². The van der Waals surface area contributed by atoms with Crippen LogP contribution in [0.4, 0.5) is 4.39 Å². The molecule has 9 atom stereocenters. The molecular weight excluding hydrogens is 605 g/mol. The number of rotatable bonds is 9. The summed E-state index contributed by atoms with van der Waals surface area (Å²) in [6.45, 7) is 21.5. The van der Waals surface area contributed by atoms with Gasteiger partial charge in [0.25, 0.3) is 0 Å². The normalized spacial score (nSPS) is 41.6. The minimum atomic E-state index is -1.08. The molecule has 5 aliphatic rings. The van der Waals surface area contributed by atoms with Crippen molar-refractivity contribution in [1.29, 1.82) is 0 Å². The molecule has 3 fully saturated rings. The van der Waals surface area contributed by atoms with Gasteiger partial charge < -0.3 is 10.5 Å². The molecule has 270 valence electrons. The third kappa shape index (κ3) is 5.92. The number of esters is 1. The second-order valence-corrected chi connectivity index (χ2v) is 18.9. The number of hydrogen-bond acceptors (Lipinski definition) is 3. The molecule has 49 heavy (non-hydrogen) atoms. The number of allylic oxidation sites excluding steroid dienone is 5. The van der Waals surface area contributed by atoms with E-state index in [1.807, 2.05) is 30.3 Å². The molecule has 0 aromatic heterocycles. The highest BCUT2D eigenvalue weighted by Crippen LogP contribution is 2.72. The molecule has 6 rings (SSSR count). The van der Waals surface area contributed by atoms with Crippen LogP contribution in [0.1, 0.15) is 138 Å². The summed E-state index contributed by atoms with van der Waals surface area (Å²) in [4.78, 5) is 13.3. The molecule has 0 unspecified atom stereocenters. The minimum Gasteiger partial charge on any atom is -0.460 e. The minimum absolute atomic E-state index is 0.00602. The zero-order valence-electron chi connectivity index (χ0n) is 31.9. The Morgan fingerprint density at radius 2 is 1.71 bits per heavy atom. The number of benzene rings is 1. The lowest BCUT2D eigenvalue weighted by Gasteiger charge is -2.68. The number of nitrogens with two attached hydrogens (primary N) is 1. The van der Waals surface area contributed by atoms with E-state index in [-0.39, 0.29) is 33.8 Å². The van der Waals surface area contributed by atoms with E-state index in [1.165, 1.54) is 61.7 Å². The summed E-state index contributed by atoms with van der Waals surface area (Å²) in [6, 6.07) is 9.68. The van der Waals surface area contributed by atoms with E-state index in [4.69, 9.17) is 10.5 Å². The van der Waals surface area contributed by atoms with Gasteiger partial charge in [0.15, 0.2) is 0 Å². The predicted molar refractivity (Wildman–Crippen MR) is 200 cm³/mol. The Kier molecular flexibility index (Phi) is 9.77. The fourth-order valence-corrected chi connectivity index (χ4v) is 12.8. The zero-order valence-corrected chi connectivity index (χ0v) is 31.9. The monoisotopic (exact) mass is 672 g/mol. The molecule has 4 heteroatoms. The Labute approximate surface area is 297 Å². The first-order chi connectivity index (χ1) is 23.1. The second kappa shape index (κ2) is 13.1. The van der Waals surface area contributed by atoms with Crippen LogP contribution in [0.3, 0.4) is 0 Å². The van der Waals surface area contributed by atoms with Gasteiger partial charge in [-0.1, -0.05) is 103 Å². The number of carbonyl (C=O) groups is 1. The highest BCUT2D eigenvalue weighted by atomic mass is 19.1. The fraction of sp³-hybridized carbons (Fsp3) is 0.711. The average molecular weight is 672 g/mol. The van der Waals surface area contributed by atoms with Gasteiger partial charge in [0.1, 0.15) is 13.3 Å². The van der Waals surface area contributed by atoms with Crippen LogP contribution in [-0.4, -0.2) is 18.2 Å². The Bertz CT molecular complexity index is 1480. The zero-order chi connectivity index (χ0) is 35.5. The summed E-state index contributed by atoms with van der Waals surface area (Å²) in [5.41, 5.74) is 11.9. The van der Waals surface area contributed by atoms with Gasteiger partial charge >= 0.3 is 5.97 Å². The quantitative estimate of drug-likeness (QED) is 0.210. The summed E-state index contributed by atoms with van der Waals surface area (Å²) >= 11 is 0. The number of alkyl halides is 1. The van der Waals surface area contributed by atoms with Gasteiger partial charge in [-0.2, -0.15) is 0 Å². The van der Waals surface area contributed by atoms with Gasteiger partial charge in [0, 0.05) is 5.54 Å². The number of halogens is 1. The molecule has 0 spiro atoms. The highest BCUT2D eigenvalue weighted by molar-refractivity contribution is 5.78. The summed E-state index contributed by atoms with van der Waals surface area (Å²) in [6.07, 6.45) is 18.5. The van der Waals surface area contributed by atoms with Gasteiger partial charge in [-0.15, -0.1) is 0 Å². The Morgan fingerprint density at radius 1 is 0.980 bits per heavy atom. The van der Waals surface area contributed by atoms with Crippen LogP contribution in [0.2, 0.25) is 0 Å². The SMILES string of the molecule is C=C(C)[C@@H]1CC[C@]2(N)CC[C@@](C)([C@]3(C)CC[C@H]4C(C)(C)C(C5=CC[C@](CF)(C(=O)OCc6ccccc6)CC5)=CC[C@]4(C)[C@H]3CCC)C[C@@H]12. The van der Waals surface area contributed by atoms with Crippen molar-refractivity contribution in [3.8, 4) is 0 Å². The van der Waals surface area contributed by atoms with E-state index in [2.05, 4.69) is 67.2 Å². The van der Waals surface area contributed by atoms with Crippen molar-refractivity contribution in [3.63, 3.8) is 0 Å². The largest absolute Gasteiger partial charge is 0.460 e.